The summed E-state index contributed by atoms with van der Waals surface area (Å²) in [7, 11) is -3.42. The molecular weight excluding hydrogens is 296 g/mol. The third kappa shape index (κ3) is 2.74. The second-order valence-electron chi connectivity index (χ2n) is 5.48. The Morgan fingerprint density at radius 3 is 2.50 bits per heavy atom. The van der Waals surface area contributed by atoms with Gasteiger partial charge < -0.3 is 0 Å². The minimum atomic E-state index is -3.42. The van der Waals surface area contributed by atoms with Crippen molar-refractivity contribution in [2.75, 3.05) is 5.75 Å². The quantitative estimate of drug-likeness (QED) is 0.758. The van der Waals surface area contributed by atoms with Crippen molar-refractivity contribution in [3.63, 3.8) is 0 Å². The Hall–Kier alpha value is -2.20. The lowest BCUT2D eigenvalue weighted by Gasteiger charge is -2.06. The van der Waals surface area contributed by atoms with Gasteiger partial charge >= 0.3 is 0 Å². The Balaban J connectivity index is 2.15. The van der Waals surface area contributed by atoms with Gasteiger partial charge in [0.1, 0.15) is 0 Å². The minimum absolute atomic E-state index is 0.0343. The molecule has 1 aliphatic heterocycles. The van der Waals surface area contributed by atoms with Gasteiger partial charge in [0.25, 0.3) is 0 Å². The van der Waals surface area contributed by atoms with Gasteiger partial charge in [-0.3, -0.25) is 4.79 Å². The van der Waals surface area contributed by atoms with E-state index in [1.807, 2.05) is 37.3 Å². The van der Waals surface area contributed by atoms with Crippen LogP contribution >= 0.6 is 0 Å². The molecule has 2 aromatic carbocycles. The predicted octanol–water partition coefficient (Wildman–Crippen LogP) is 3.44. The third-order valence-corrected chi connectivity index (χ3v) is 5.55. The lowest BCUT2D eigenvalue weighted by molar-refractivity contribution is 0.103. The molecular formula is C18H16O3S. The van der Waals surface area contributed by atoms with Crippen LogP contribution in [0.2, 0.25) is 0 Å². The number of carbonyl (C=O) groups is 1. The summed E-state index contributed by atoms with van der Waals surface area (Å²) in [6, 6.07) is 14.4. The number of carbonyl (C=O) groups excluding carboxylic acids is 1. The normalized spacial score (nSPS) is 18.8. The van der Waals surface area contributed by atoms with Crippen molar-refractivity contribution >= 4 is 21.7 Å². The number of allylic oxidation sites excluding steroid dienone is 1. The minimum Gasteiger partial charge on any atom is -0.289 e. The molecule has 3 nitrogen and oxygen atoms in total. The summed E-state index contributed by atoms with van der Waals surface area (Å²) in [5.74, 6) is -0.225. The highest BCUT2D eigenvalue weighted by atomic mass is 32.2. The molecule has 0 saturated heterocycles. The zero-order valence-corrected chi connectivity index (χ0v) is 13.1. The molecule has 3 rings (SSSR count). The smallest absolute Gasteiger partial charge is 0.190 e. The fourth-order valence-corrected chi connectivity index (χ4v) is 4.09. The van der Waals surface area contributed by atoms with Gasteiger partial charge in [0.15, 0.2) is 15.6 Å². The van der Waals surface area contributed by atoms with E-state index in [9.17, 15) is 13.2 Å². The molecule has 0 atom stereocenters. The van der Waals surface area contributed by atoms with Gasteiger partial charge in [-0.05, 0) is 37.1 Å². The Bertz CT molecular complexity index is 862. The molecule has 0 fully saturated rings. The Labute approximate surface area is 130 Å². The average Bonchev–Trinajstić information content (AvgIpc) is 2.59. The van der Waals surface area contributed by atoms with Gasteiger partial charge in [-0.25, -0.2) is 8.42 Å². The number of rotatable bonds is 1. The van der Waals surface area contributed by atoms with E-state index < -0.39 is 9.84 Å². The van der Waals surface area contributed by atoms with Crippen LogP contribution < -0.4 is 0 Å². The van der Waals surface area contributed by atoms with Crippen molar-refractivity contribution in [1.29, 1.82) is 0 Å². The first kappa shape index (κ1) is 14.7. The first-order valence-corrected chi connectivity index (χ1v) is 8.76. The van der Waals surface area contributed by atoms with Crippen LogP contribution in [0.5, 0.6) is 0 Å². The zero-order chi connectivity index (χ0) is 15.7. The molecule has 0 bridgehead atoms. The van der Waals surface area contributed by atoms with Crippen LogP contribution in [0.3, 0.4) is 0 Å². The number of Topliss-reactive ketones (excluding diaryl/α,β-unsaturated/α-hetero) is 1. The molecule has 0 spiro atoms. The highest BCUT2D eigenvalue weighted by molar-refractivity contribution is 7.91. The first-order chi connectivity index (χ1) is 10.5. The summed E-state index contributed by atoms with van der Waals surface area (Å²) in [5, 5.41) is 0. The zero-order valence-electron chi connectivity index (χ0n) is 12.2. The van der Waals surface area contributed by atoms with Crippen LogP contribution in [0, 0.1) is 6.92 Å². The lowest BCUT2D eigenvalue weighted by Crippen LogP contribution is -2.07. The first-order valence-electron chi connectivity index (χ1n) is 7.11. The molecule has 22 heavy (non-hydrogen) atoms. The van der Waals surface area contributed by atoms with Gasteiger partial charge in [0.2, 0.25) is 0 Å². The van der Waals surface area contributed by atoms with Crippen molar-refractivity contribution in [3.8, 4) is 0 Å². The van der Waals surface area contributed by atoms with Gasteiger partial charge in [0.05, 0.1) is 10.6 Å². The molecule has 0 amide bonds. The van der Waals surface area contributed by atoms with Gasteiger partial charge in [-0.2, -0.15) is 0 Å². The van der Waals surface area contributed by atoms with Crippen LogP contribution in [0.15, 0.2) is 59.0 Å². The number of fused-ring (bicyclic) bond motifs is 1. The molecule has 0 unspecified atom stereocenters. The van der Waals surface area contributed by atoms with E-state index in [2.05, 4.69) is 0 Å². The van der Waals surface area contributed by atoms with Crippen molar-refractivity contribution in [3.05, 3.63) is 70.8 Å². The van der Waals surface area contributed by atoms with Gasteiger partial charge in [0, 0.05) is 11.1 Å². The Morgan fingerprint density at radius 1 is 1.05 bits per heavy atom. The van der Waals surface area contributed by atoms with Crippen molar-refractivity contribution in [2.24, 2.45) is 0 Å². The molecule has 0 N–H and O–H groups in total. The van der Waals surface area contributed by atoms with E-state index in [-0.39, 0.29) is 22.9 Å². The number of aryl methyl sites for hydroxylation is 1. The standard InChI is InChI=1S/C18H16O3S/c1-13-7-8-17-16(11-13)18(19)15(9-10-22(17,20)21)12-14-5-3-2-4-6-14/h2-8,11-12H,9-10H2,1H3/b15-12+. The molecule has 112 valence electrons. The topological polar surface area (TPSA) is 51.2 Å². The summed E-state index contributed by atoms with van der Waals surface area (Å²) >= 11 is 0. The maximum Gasteiger partial charge on any atom is 0.190 e. The predicted molar refractivity (Wildman–Crippen MR) is 86.6 cm³/mol. The third-order valence-electron chi connectivity index (χ3n) is 3.79. The summed E-state index contributed by atoms with van der Waals surface area (Å²) in [6.07, 6.45) is 2.03. The fourth-order valence-electron chi connectivity index (χ4n) is 2.62. The van der Waals surface area contributed by atoms with E-state index in [1.165, 1.54) is 0 Å². The monoisotopic (exact) mass is 312 g/mol. The van der Waals surface area contributed by atoms with Crippen LogP contribution in [-0.4, -0.2) is 20.0 Å². The van der Waals surface area contributed by atoms with Gasteiger partial charge in [-0.1, -0.05) is 42.0 Å². The molecule has 2 aromatic rings. The number of hydrogen-bond donors (Lipinski definition) is 0. The van der Waals surface area contributed by atoms with Crippen LogP contribution in [0.25, 0.3) is 6.08 Å². The van der Waals surface area contributed by atoms with E-state index in [0.717, 1.165) is 11.1 Å². The van der Waals surface area contributed by atoms with Crippen LogP contribution in [0.1, 0.15) is 27.9 Å². The summed E-state index contributed by atoms with van der Waals surface area (Å²) in [6.45, 7) is 1.85. The average molecular weight is 312 g/mol. The molecule has 0 radical (unpaired) electrons. The summed E-state index contributed by atoms with van der Waals surface area (Å²) in [4.78, 5) is 12.9. The number of hydrogen-bond acceptors (Lipinski definition) is 3. The van der Waals surface area contributed by atoms with Crippen LogP contribution in [0.4, 0.5) is 0 Å². The maximum absolute atomic E-state index is 12.7. The highest BCUT2D eigenvalue weighted by Crippen LogP contribution is 2.28. The Morgan fingerprint density at radius 2 is 1.77 bits per heavy atom. The largest absolute Gasteiger partial charge is 0.289 e. The molecule has 1 heterocycles. The maximum atomic E-state index is 12.7. The molecule has 0 saturated carbocycles. The number of ketones is 1. The molecule has 0 aliphatic carbocycles. The lowest BCUT2D eigenvalue weighted by atomic mass is 9.98. The fraction of sp³-hybridized carbons (Fsp3) is 0.167. The van der Waals surface area contributed by atoms with Gasteiger partial charge in [-0.15, -0.1) is 0 Å². The summed E-state index contributed by atoms with van der Waals surface area (Å²) < 4.78 is 24.7. The summed E-state index contributed by atoms with van der Waals surface area (Å²) in [5.41, 5.74) is 2.61. The SMILES string of the molecule is Cc1ccc2c(c1)C(=O)/C(=C/c1ccccc1)CCS2(=O)=O. The van der Waals surface area contributed by atoms with E-state index in [0.29, 0.717) is 11.1 Å². The highest BCUT2D eigenvalue weighted by Gasteiger charge is 2.29. The number of sulfone groups is 1. The molecule has 1 aliphatic rings. The molecule has 4 heteroatoms. The Kier molecular flexibility index (Phi) is 3.71. The second kappa shape index (κ2) is 5.54. The molecule has 0 aromatic heterocycles. The van der Waals surface area contributed by atoms with E-state index in [1.54, 1.807) is 24.3 Å². The van der Waals surface area contributed by atoms with Crippen molar-refractivity contribution in [1.82, 2.24) is 0 Å². The van der Waals surface area contributed by atoms with Crippen LogP contribution in [-0.2, 0) is 9.84 Å². The number of benzene rings is 2. The second-order valence-corrected chi connectivity index (χ2v) is 7.56. The van der Waals surface area contributed by atoms with E-state index >= 15 is 0 Å². The van der Waals surface area contributed by atoms with Crippen molar-refractivity contribution in [2.45, 2.75) is 18.2 Å². The van der Waals surface area contributed by atoms with Crippen molar-refractivity contribution < 1.29 is 13.2 Å². The van der Waals surface area contributed by atoms with E-state index in [4.69, 9.17) is 0 Å².